The van der Waals surface area contributed by atoms with Gasteiger partial charge in [0.15, 0.2) is 17.6 Å². The number of esters is 2. The normalized spacial score (nSPS) is 28.3. The molecule has 26 heavy (non-hydrogen) atoms. The minimum Gasteiger partial charge on any atom is -0.504 e. The first-order chi connectivity index (χ1) is 12.2. The van der Waals surface area contributed by atoms with Crippen molar-refractivity contribution in [2.75, 3.05) is 13.7 Å². The summed E-state index contributed by atoms with van der Waals surface area (Å²) in [6, 6.07) is 4.36. The summed E-state index contributed by atoms with van der Waals surface area (Å²) >= 11 is 0. The molecule has 0 saturated carbocycles. The minimum absolute atomic E-state index is 0.172. The lowest BCUT2D eigenvalue weighted by Gasteiger charge is -2.42. The molecule has 2 rings (SSSR count). The summed E-state index contributed by atoms with van der Waals surface area (Å²) in [5.41, 5.74) is 0.365. The van der Waals surface area contributed by atoms with E-state index in [1.165, 1.54) is 26.2 Å². The molecule has 0 bridgehead atoms. The first-order valence-electron chi connectivity index (χ1n) is 7.93. The van der Waals surface area contributed by atoms with E-state index in [4.69, 9.17) is 18.9 Å². The Kier molecular flexibility index (Phi) is 6.41. The van der Waals surface area contributed by atoms with E-state index in [1.54, 1.807) is 6.07 Å². The maximum atomic E-state index is 11.3. The summed E-state index contributed by atoms with van der Waals surface area (Å²) in [7, 11) is 1.39. The number of hydrogen-bond acceptors (Lipinski definition) is 9. The molecular formula is C17H22O9. The van der Waals surface area contributed by atoms with Crippen LogP contribution in [0.15, 0.2) is 18.2 Å². The van der Waals surface area contributed by atoms with Crippen molar-refractivity contribution in [1.29, 1.82) is 0 Å². The molecule has 0 aromatic heterocycles. The minimum atomic E-state index is -1.48. The van der Waals surface area contributed by atoms with E-state index in [2.05, 4.69) is 0 Å². The second kappa shape index (κ2) is 8.35. The number of aromatic hydroxyl groups is 1. The van der Waals surface area contributed by atoms with Gasteiger partial charge >= 0.3 is 11.9 Å². The number of methoxy groups -OCH3 is 1. The van der Waals surface area contributed by atoms with Crippen LogP contribution in [0.3, 0.4) is 0 Å². The van der Waals surface area contributed by atoms with Gasteiger partial charge in [-0.15, -0.1) is 0 Å². The third-order valence-corrected chi connectivity index (χ3v) is 3.97. The van der Waals surface area contributed by atoms with Crippen LogP contribution in [-0.2, 0) is 23.8 Å². The molecule has 1 aliphatic heterocycles. The van der Waals surface area contributed by atoms with Crippen molar-refractivity contribution in [3.05, 3.63) is 23.8 Å². The molecule has 0 radical (unpaired) electrons. The molecule has 5 atom stereocenters. The second-order valence-electron chi connectivity index (χ2n) is 5.88. The van der Waals surface area contributed by atoms with Crippen LogP contribution in [0.25, 0.3) is 0 Å². The van der Waals surface area contributed by atoms with Gasteiger partial charge in [-0.25, -0.2) is 0 Å². The molecule has 1 aliphatic rings. The molecule has 9 heteroatoms. The predicted molar refractivity (Wildman–Crippen MR) is 86.5 cm³/mol. The topological polar surface area (TPSA) is 132 Å². The van der Waals surface area contributed by atoms with Gasteiger partial charge in [0.25, 0.3) is 0 Å². The van der Waals surface area contributed by atoms with E-state index in [0.29, 0.717) is 5.56 Å². The Morgan fingerprint density at radius 3 is 2.38 bits per heavy atom. The maximum Gasteiger partial charge on any atom is 0.303 e. The van der Waals surface area contributed by atoms with E-state index in [9.17, 15) is 24.9 Å². The largest absolute Gasteiger partial charge is 0.504 e. The third-order valence-electron chi connectivity index (χ3n) is 3.97. The summed E-state index contributed by atoms with van der Waals surface area (Å²) in [4.78, 5) is 22.4. The molecule has 9 nitrogen and oxygen atoms in total. The lowest BCUT2D eigenvalue weighted by molar-refractivity contribution is -0.242. The van der Waals surface area contributed by atoms with Gasteiger partial charge in [0.1, 0.15) is 31.0 Å². The average Bonchev–Trinajstić information content (AvgIpc) is 2.57. The van der Waals surface area contributed by atoms with E-state index >= 15 is 0 Å². The van der Waals surface area contributed by atoms with Crippen molar-refractivity contribution < 1.29 is 43.9 Å². The number of aliphatic hydroxyl groups is 2. The first kappa shape index (κ1) is 20.0. The number of hydrogen-bond donors (Lipinski definition) is 3. The number of benzene rings is 1. The van der Waals surface area contributed by atoms with Crippen molar-refractivity contribution in [1.82, 2.24) is 0 Å². The zero-order valence-electron chi connectivity index (χ0n) is 14.6. The zero-order valence-corrected chi connectivity index (χ0v) is 14.6. The van der Waals surface area contributed by atoms with Crippen molar-refractivity contribution >= 4 is 11.9 Å². The highest BCUT2D eigenvalue weighted by Gasteiger charge is 2.47. The van der Waals surface area contributed by atoms with Gasteiger partial charge in [-0.2, -0.15) is 0 Å². The van der Waals surface area contributed by atoms with Crippen molar-refractivity contribution in [3.63, 3.8) is 0 Å². The molecule has 1 heterocycles. The molecule has 0 aliphatic carbocycles. The number of ether oxygens (including phenoxy) is 4. The number of phenolic OH excluding ortho intramolecular Hbond substituents is 1. The van der Waals surface area contributed by atoms with Gasteiger partial charge in [-0.1, -0.05) is 6.07 Å². The van der Waals surface area contributed by atoms with Crippen LogP contribution >= 0.6 is 0 Å². The van der Waals surface area contributed by atoms with E-state index in [1.807, 2.05) is 0 Å². The van der Waals surface area contributed by atoms with Crippen molar-refractivity contribution in [2.45, 2.75) is 44.4 Å². The first-order valence-corrected chi connectivity index (χ1v) is 7.93. The summed E-state index contributed by atoms with van der Waals surface area (Å²) in [5, 5.41) is 30.7. The molecule has 1 saturated heterocycles. The summed E-state index contributed by atoms with van der Waals surface area (Å²) in [5.74, 6) is -1.20. The standard InChI is InChI=1S/C17H22O9/c1-8(18)24-7-13-17(25-9(2)19)15(22)14(21)16(26-13)10-4-5-12(23-3)11(20)6-10/h4-6,13-17,20-22H,7H2,1-3H3/t13-,14+,15-,16?,17-/m1/s1. The van der Waals surface area contributed by atoms with Crippen LogP contribution in [-0.4, -0.2) is 65.4 Å². The highest BCUT2D eigenvalue weighted by Crippen LogP contribution is 2.37. The Bertz CT molecular complexity index is 660. The molecule has 0 spiro atoms. The second-order valence-corrected chi connectivity index (χ2v) is 5.88. The number of phenols is 1. The quantitative estimate of drug-likeness (QED) is 0.615. The van der Waals surface area contributed by atoms with Crippen LogP contribution in [0.2, 0.25) is 0 Å². The molecule has 0 amide bonds. The fourth-order valence-corrected chi connectivity index (χ4v) is 2.77. The monoisotopic (exact) mass is 370 g/mol. The van der Waals surface area contributed by atoms with E-state index < -0.39 is 42.5 Å². The molecule has 1 aromatic carbocycles. The molecular weight excluding hydrogens is 348 g/mol. The fourth-order valence-electron chi connectivity index (χ4n) is 2.77. The Hall–Kier alpha value is -2.36. The van der Waals surface area contributed by atoms with Crippen LogP contribution in [0, 0.1) is 0 Å². The van der Waals surface area contributed by atoms with Crippen LogP contribution in [0.1, 0.15) is 25.5 Å². The Labute approximate surface area is 150 Å². The van der Waals surface area contributed by atoms with Gasteiger partial charge in [-0.3, -0.25) is 9.59 Å². The Balaban J connectivity index is 2.29. The highest BCUT2D eigenvalue weighted by atomic mass is 16.6. The van der Waals surface area contributed by atoms with Gasteiger partial charge in [0.05, 0.1) is 7.11 Å². The van der Waals surface area contributed by atoms with Gasteiger partial charge in [-0.05, 0) is 17.7 Å². The molecule has 1 aromatic rings. The van der Waals surface area contributed by atoms with E-state index in [0.717, 1.165) is 6.92 Å². The predicted octanol–water partition coefficient (Wildman–Crippen LogP) is 0.0573. The summed E-state index contributed by atoms with van der Waals surface area (Å²) < 4.78 is 20.6. The maximum absolute atomic E-state index is 11.3. The summed E-state index contributed by atoms with van der Waals surface area (Å²) in [6.45, 7) is 2.07. The van der Waals surface area contributed by atoms with Crippen molar-refractivity contribution in [3.8, 4) is 11.5 Å². The summed E-state index contributed by atoms with van der Waals surface area (Å²) in [6.07, 6.45) is -6.20. The average molecular weight is 370 g/mol. The molecule has 1 fully saturated rings. The smallest absolute Gasteiger partial charge is 0.303 e. The van der Waals surface area contributed by atoms with Crippen LogP contribution in [0.5, 0.6) is 11.5 Å². The Morgan fingerprint density at radius 1 is 1.15 bits per heavy atom. The SMILES string of the molecule is COc1ccc(C2O[C@H](COC(C)=O)[C@@H](OC(C)=O)[C@H](O)[C@@H]2O)cc1O. The molecule has 144 valence electrons. The van der Waals surface area contributed by atoms with Crippen LogP contribution in [0.4, 0.5) is 0 Å². The lowest BCUT2D eigenvalue weighted by atomic mass is 9.91. The van der Waals surface area contributed by atoms with Gasteiger partial charge < -0.3 is 34.3 Å². The number of carbonyl (C=O) groups is 2. The highest BCUT2D eigenvalue weighted by molar-refractivity contribution is 5.66. The fraction of sp³-hybridized carbons (Fsp3) is 0.529. The molecule has 3 N–H and O–H groups in total. The zero-order chi connectivity index (χ0) is 19.4. The van der Waals surface area contributed by atoms with E-state index in [-0.39, 0.29) is 18.1 Å². The van der Waals surface area contributed by atoms with Crippen LogP contribution < -0.4 is 4.74 Å². The lowest BCUT2D eigenvalue weighted by Crippen LogP contribution is -2.57. The number of rotatable bonds is 5. The number of aliphatic hydroxyl groups excluding tert-OH is 2. The molecule has 1 unspecified atom stereocenters. The van der Waals surface area contributed by atoms with Gasteiger partial charge in [0, 0.05) is 13.8 Å². The van der Waals surface area contributed by atoms with Crippen molar-refractivity contribution in [2.24, 2.45) is 0 Å². The van der Waals surface area contributed by atoms with Gasteiger partial charge in [0.2, 0.25) is 0 Å². The Morgan fingerprint density at radius 2 is 1.85 bits per heavy atom. The third kappa shape index (κ3) is 4.43. The number of carbonyl (C=O) groups excluding carboxylic acids is 2.